The van der Waals surface area contributed by atoms with Gasteiger partial charge in [-0.1, -0.05) is 52.3 Å². The van der Waals surface area contributed by atoms with Gasteiger partial charge in [-0.2, -0.15) is 0 Å². The largest absolute Gasteiger partial charge is 0.336 e. The number of anilines is 2. The van der Waals surface area contributed by atoms with Crippen molar-refractivity contribution in [2.75, 3.05) is 12.4 Å². The van der Waals surface area contributed by atoms with Crippen LogP contribution in [0, 0.1) is 0 Å². The number of rotatable bonds is 5. The molecule has 3 rings (SSSR count). The Labute approximate surface area is 154 Å². The molecule has 3 aromatic rings. The van der Waals surface area contributed by atoms with Crippen molar-refractivity contribution in [1.29, 1.82) is 0 Å². The van der Waals surface area contributed by atoms with E-state index in [-0.39, 0.29) is 5.91 Å². The summed E-state index contributed by atoms with van der Waals surface area (Å²) in [6.07, 6.45) is 1.58. The number of hydrogen-bond acceptors (Lipinski definition) is 4. The van der Waals surface area contributed by atoms with Gasteiger partial charge in [0, 0.05) is 29.9 Å². The van der Waals surface area contributed by atoms with Crippen LogP contribution in [0.5, 0.6) is 0 Å². The summed E-state index contributed by atoms with van der Waals surface area (Å²) in [5.41, 5.74) is 2.27. The molecule has 0 aliphatic heterocycles. The van der Waals surface area contributed by atoms with Gasteiger partial charge in [-0.3, -0.25) is 4.79 Å². The number of nitrogens with zero attached hydrogens (tertiary/aromatic N) is 3. The van der Waals surface area contributed by atoms with Crippen LogP contribution in [0.4, 0.5) is 11.6 Å². The Morgan fingerprint density at radius 2 is 1.92 bits per heavy atom. The third-order valence-electron chi connectivity index (χ3n) is 3.56. The Morgan fingerprint density at radius 3 is 2.68 bits per heavy atom. The fourth-order valence-electron chi connectivity index (χ4n) is 2.36. The highest BCUT2D eigenvalue weighted by Crippen LogP contribution is 2.18. The molecule has 5 nitrogen and oxygen atoms in total. The summed E-state index contributed by atoms with van der Waals surface area (Å²) >= 11 is 3.42. The summed E-state index contributed by atoms with van der Waals surface area (Å²) < 4.78 is 0.951. The van der Waals surface area contributed by atoms with Crippen molar-refractivity contribution in [2.24, 2.45) is 0 Å². The van der Waals surface area contributed by atoms with Crippen LogP contribution in [0.2, 0.25) is 0 Å². The Hall–Kier alpha value is -2.73. The first-order chi connectivity index (χ1) is 12.1. The van der Waals surface area contributed by atoms with Gasteiger partial charge in [-0.25, -0.2) is 9.97 Å². The first-order valence-electron chi connectivity index (χ1n) is 7.77. The summed E-state index contributed by atoms with van der Waals surface area (Å²) in [6.45, 7) is 0.526. The topological polar surface area (TPSA) is 58.1 Å². The Bertz CT molecular complexity index is 870. The van der Waals surface area contributed by atoms with Gasteiger partial charge in [0.2, 0.25) is 5.95 Å². The van der Waals surface area contributed by atoms with E-state index in [0.717, 1.165) is 15.7 Å². The lowest BCUT2D eigenvalue weighted by molar-refractivity contribution is 0.0779. The van der Waals surface area contributed by atoms with Crippen molar-refractivity contribution >= 4 is 33.5 Å². The van der Waals surface area contributed by atoms with Crippen molar-refractivity contribution in [3.63, 3.8) is 0 Å². The van der Waals surface area contributed by atoms with E-state index in [1.807, 2.05) is 54.6 Å². The van der Waals surface area contributed by atoms with Gasteiger partial charge in [0.15, 0.2) is 0 Å². The number of benzene rings is 2. The van der Waals surface area contributed by atoms with Gasteiger partial charge < -0.3 is 10.2 Å². The molecule has 0 bridgehead atoms. The number of halogens is 1. The van der Waals surface area contributed by atoms with Gasteiger partial charge in [0.1, 0.15) is 5.69 Å². The summed E-state index contributed by atoms with van der Waals surface area (Å²) in [5, 5.41) is 3.11. The number of nitrogens with one attached hydrogen (secondary N) is 1. The highest BCUT2D eigenvalue weighted by atomic mass is 79.9. The van der Waals surface area contributed by atoms with Crippen LogP contribution in [0.1, 0.15) is 16.1 Å². The first kappa shape index (κ1) is 17.1. The molecule has 0 atom stereocenters. The maximum atomic E-state index is 12.6. The monoisotopic (exact) mass is 396 g/mol. The Morgan fingerprint density at radius 1 is 1.12 bits per heavy atom. The molecule has 0 aliphatic rings. The van der Waals surface area contributed by atoms with Crippen molar-refractivity contribution in [3.8, 4) is 0 Å². The van der Waals surface area contributed by atoms with Crippen molar-refractivity contribution in [2.45, 2.75) is 6.54 Å². The van der Waals surface area contributed by atoms with Crippen molar-refractivity contribution in [3.05, 3.63) is 82.6 Å². The van der Waals surface area contributed by atoms with Crippen LogP contribution >= 0.6 is 15.9 Å². The maximum Gasteiger partial charge on any atom is 0.272 e. The van der Waals surface area contributed by atoms with Gasteiger partial charge in [0.25, 0.3) is 5.91 Å². The third kappa shape index (κ3) is 4.64. The molecule has 1 heterocycles. The summed E-state index contributed by atoms with van der Waals surface area (Å²) in [7, 11) is 1.76. The minimum absolute atomic E-state index is 0.149. The van der Waals surface area contributed by atoms with E-state index < -0.39 is 0 Å². The molecular weight excluding hydrogens is 380 g/mol. The van der Waals surface area contributed by atoms with E-state index in [2.05, 4.69) is 31.2 Å². The van der Waals surface area contributed by atoms with Gasteiger partial charge in [-0.15, -0.1) is 0 Å². The zero-order chi connectivity index (χ0) is 17.6. The summed E-state index contributed by atoms with van der Waals surface area (Å²) in [4.78, 5) is 22.8. The molecule has 0 radical (unpaired) electrons. The minimum Gasteiger partial charge on any atom is -0.336 e. The van der Waals surface area contributed by atoms with Crippen LogP contribution < -0.4 is 5.32 Å². The smallest absolute Gasteiger partial charge is 0.272 e. The predicted octanol–water partition coefficient (Wildman–Crippen LogP) is 4.25. The fraction of sp³-hybridized carbons (Fsp3) is 0.105. The van der Waals surface area contributed by atoms with E-state index >= 15 is 0 Å². The quantitative estimate of drug-likeness (QED) is 0.699. The van der Waals surface area contributed by atoms with Crippen LogP contribution in [-0.2, 0) is 6.54 Å². The van der Waals surface area contributed by atoms with Gasteiger partial charge >= 0.3 is 0 Å². The van der Waals surface area contributed by atoms with Crippen molar-refractivity contribution < 1.29 is 4.79 Å². The first-order valence-corrected chi connectivity index (χ1v) is 8.56. The van der Waals surface area contributed by atoms with Crippen LogP contribution in [0.3, 0.4) is 0 Å². The van der Waals surface area contributed by atoms with E-state index in [1.54, 1.807) is 24.2 Å². The molecule has 1 N–H and O–H groups in total. The standard InChI is InChI=1S/C19H17BrN4O/c1-24(13-14-6-3-2-4-7-14)18(25)17-10-11-21-19(23-17)22-16-9-5-8-15(20)12-16/h2-12H,13H2,1H3,(H,21,22,23). The predicted molar refractivity (Wildman–Crippen MR) is 102 cm³/mol. The SMILES string of the molecule is CN(Cc1ccccc1)C(=O)c1ccnc(Nc2cccc(Br)c2)n1. The van der Waals surface area contributed by atoms with E-state index in [0.29, 0.717) is 18.2 Å². The molecule has 0 saturated carbocycles. The maximum absolute atomic E-state index is 12.6. The lowest BCUT2D eigenvalue weighted by atomic mass is 10.2. The molecule has 0 aliphatic carbocycles. The molecular formula is C19H17BrN4O. The van der Waals surface area contributed by atoms with E-state index in [4.69, 9.17) is 0 Å². The second kappa shape index (κ2) is 7.90. The van der Waals surface area contributed by atoms with Crippen molar-refractivity contribution in [1.82, 2.24) is 14.9 Å². The minimum atomic E-state index is -0.149. The van der Waals surface area contributed by atoms with E-state index in [1.165, 1.54) is 0 Å². The van der Waals surface area contributed by atoms with E-state index in [9.17, 15) is 4.79 Å². The fourth-order valence-corrected chi connectivity index (χ4v) is 2.76. The molecule has 6 heteroatoms. The molecule has 126 valence electrons. The lowest BCUT2D eigenvalue weighted by Gasteiger charge is -2.17. The summed E-state index contributed by atoms with van der Waals surface area (Å²) in [6, 6.07) is 19.1. The molecule has 0 saturated heterocycles. The number of amides is 1. The molecule has 0 spiro atoms. The van der Waals surface area contributed by atoms with Crippen LogP contribution in [-0.4, -0.2) is 27.8 Å². The normalized spacial score (nSPS) is 10.3. The highest BCUT2D eigenvalue weighted by molar-refractivity contribution is 9.10. The number of hydrogen-bond donors (Lipinski definition) is 1. The average Bonchev–Trinajstić information content (AvgIpc) is 2.62. The van der Waals surface area contributed by atoms with Gasteiger partial charge in [-0.05, 0) is 29.8 Å². The molecule has 0 unspecified atom stereocenters. The molecule has 1 aromatic heterocycles. The number of aromatic nitrogens is 2. The van der Waals surface area contributed by atoms with Crippen LogP contribution in [0.15, 0.2) is 71.3 Å². The Kier molecular flexibility index (Phi) is 5.40. The van der Waals surface area contributed by atoms with Gasteiger partial charge in [0.05, 0.1) is 0 Å². The molecule has 25 heavy (non-hydrogen) atoms. The molecule has 0 fully saturated rings. The second-order valence-corrected chi connectivity index (χ2v) is 6.46. The summed E-state index contributed by atoms with van der Waals surface area (Å²) in [5.74, 6) is 0.237. The molecule has 2 aromatic carbocycles. The number of carbonyl (C=O) groups excluding carboxylic acids is 1. The van der Waals surface area contributed by atoms with Crippen LogP contribution in [0.25, 0.3) is 0 Å². The Balaban J connectivity index is 1.73. The lowest BCUT2D eigenvalue weighted by Crippen LogP contribution is -2.27. The third-order valence-corrected chi connectivity index (χ3v) is 4.06. The number of carbonyl (C=O) groups is 1. The average molecular weight is 397 g/mol. The zero-order valence-electron chi connectivity index (χ0n) is 13.7. The second-order valence-electron chi connectivity index (χ2n) is 5.55. The zero-order valence-corrected chi connectivity index (χ0v) is 15.3. The molecule has 1 amide bonds. The highest BCUT2D eigenvalue weighted by Gasteiger charge is 2.14.